The highest BCUT2D eigenvalue weighted by atomic mass is 19.4. The Morgan fingerprint density at radius 3 is 2.41 bits per heavy atom. The molecule has 2 heterocycles. The number of carbonyl (C=O) groups excluding carboxylic acids is 1. The minimum atomic E-state index is -4.49. The van der Waals surface area contributed by atoms with E-state index in [4.69, 9.17) is 4.74 Å². The number of rotatable bonds is 6. The molecule has 0 aromatic heterocycles. The molecule has 158 valence electrons. The van der Waals surface area contributed by atoms with E-state index in [-0.39, 0.29) is 18.0 Å². The number of hydrogen-bond acceptors (Lipinski definition) is 4. The van der Waals surface area contributed by atoms with E-state index in [0.717, 1.165) is 24.7 Å². The number of ketones is 1. The van der Waals surface area contributed by atoms with Crippen LogP contribution in [0.2, 0.25) is 0 Å². The zero-order valence-corrected chi connectivity index (χ0v) is 16.7. The summed E-state index contributed by atoms with van der Waals surface area (Å²) in [6.45, 7) is 7.31. The zero-order valence-electron chi connectivity index (χ0n) is 16.7. The molecule has 2 aliphatic heterocycles. The van der Waals surface area contributed by atoms with Crippen LogP contribution in [0, 0.1) is 0 Å². The first-order chi connectivity index (χ1) is 13.6. The molecule has 0 N–H and O–H groups in total. The van der Waals surface area contributed by atoms with Crippen LogP contribution >= 0.6 is 0 Å². The average molecular weight is 409 g/mol. The maximum absolute atomic E-state index is 13.5. The molecule has 8 heteroatoms. The first-order valence-corrected chi connectivity index (χ1v) is 9.71. The number of benzene rings is 1. The van der Waals surface area contributed by atoms with Crippen molar-refractivity contribution in [2.45, 2.75) is 51.1 Å². The van der Waals surface area contributed by atoms with Crippen LogP contribution in [0.25, 0.3) is 0 Å². The molecular formula is C21H26F3N3O2. The van der Waals surface area contributed by atoms with Crippen molar-refractivity contribution >= 4 is 11.6 Å². The molecule has 2 aliphatic rings. The van der Waals surface area contributed by atoms with Crippen molar-refractivity contribution in [1.29, 1.82) is 0 Å². The Morgan fingerprint density at radius 2 is 1.86 bits per heavy atom. The molecule has 1 aromatic rings. The minimum absolute atomic E-state index is 0.114. The highest BCUT2D eigenvalue weighted by Gasteiger charge is 2.41. The van der Waals surface area contributed by atoms with Crippen molar-refractivity contribution in [3.8, 4) is 0 Å². The standard InChI is InChI=1S/C21H26F3N3O2/c1-14(21(22,23)24)27(13-20(28)17-7-5-4-6-8-17)16(3)25-15(2)26-11-18-9-10-19(12-26)29-18/h4-8,14,18-19H,2,9-13H2,1,3H3/t14-,18?,19?/m0/s1. The second-order valence-electron chi connectivity index (χ2n) is 7.57. The number of carbonyl (C=O) groups is 1. The number of Topliss-reactive ketones (excluding diaryl/α,β-unsaturated/α-hetero) is 1. The van der Waals surface area contributed by atoms with Gasteiger partial charge in [-0.15, -0.1) is 0 Å². The van der Waals surface area contributed by atoms with E-state index in [1.807, 2.05) is 4.90 Å². The molecule has 5 nitrogen and oxygen atoms in total. The first-order valence-electron chi connectivity index (χ1n) is 9.71. The van der Waals surface area contributed by atoms with Gasteiger partial charge in [-0.05, 0) is 26.7 Å². The second kappa shape index (κ2) is 8.57. The van der Waals surface area contributed by atoms with E-state index in [0.29, 0.717) is 24.5 Å². The molecule has 2 saturated heterocycles. The van der Waals surface area contributed by atoms with Crippen LogP contribution in [-0.4, -0.2) is 65.5 Å². The third-order valence-electron chi connectivity index (χ3n) is 5.47. The summed E-state index contributed by atoms with van der Waals surface area (Å²) >= 11 is 0. The smallest absolute Gasteiger partial charge is 0.371 e. The number of hydrogen-bond donors (Lipinski definition) is 0. The Hall–Kier alpha value is -2.35. The number of fused-ring (bicyclic) bond motifs is 2. The van der Waals surface area contributed by atoms with Crippen LogP contribution in [0.5, 0.6) is 0 Å². The average Bonchev–Trinajstić information content (AvgIpc) is 3.02. The quantitative estimate of drug-likeness (QED) is 0.407. The summed E-state index contributed by atoms with van der Waals surface area (Å²) in [5.41, 5.74) is 0.364. The number of likely N-dealkylation sites (tertiary alicyclic amines) is 1. The number of ether oxygens (including phenoxy) is 1. The van der Waals surface area contributed by atoms with Gasteiger partial charge in [-0.3, -0.25) is 4.79 Å². The van der Waals surface area contributed by atoms with Crippen molar-refractivity contribution in [1.82, 2.24) is 9.80 Å². The van der Waals surface area contributed by atoms with Crippen LogP contribution < -0.4 is 0 Å². The van der Waals surface area contributed by atoms with Gasteiger partial charge in [0.1, 0.15) is 17.7 Å². The number of morpholine rings is 1. The lowest BCUT2D eigenvalue weighted by Crippen LogP contribution is -2.48. The molecular weight excluding hydrogens is 383 g/mol. The van der Waals surface area contributed by atoms with E-state index in [1.54, 1.807) is 30.3 Å². The fourth-order valence-electron chi connectivity index (χ4n) is 3.73. The van der Waals surface area contributed by atoms with Crippen molar-refractivity contribution in [3.63, 3.8) is 0 Å². The van der Waals surface area contributed by atoms with Crippen LogP contribution in [0.1, 0.15) is 37.0 Å². The Morgan fingerprint density at radius 1 is 1.28 bits per heavy atom. The van der Waals surface area contributed by atoms with Crippen LogP contribution in [0.4, 0.5) is 13.2 Å². The predicted octanol–water partition coefficient (Wildman–Crippen LogP) is 3.87. The Labute approximate surface area is 168 Å². The number of halogens is 3. The van der Waals surface area contributed by atoms with Crippen molar-refractivity contribution in [2.75, 3.05) is 19.6 Å². The zero-order chi connectivity index (χ0) is 21.2. The molecule has 0 spiro atoms. The summed E-state index contributed by atoms with van der Waals surface area (Å²) in [5.74, 6) is 0.114. The van der Waals surface area contributed by atoms with Gasteiger partial charge in [0.05, 0.1) is 18.8 Å². The lowest BCUT2D eigenvalue weighted by Gasteiger charge is -2.35. The van der Waals surface area contributed by atoms with Gasteiger partial charge in [-0.1, -0.05) is 36.9 Å². The third kappa shape index (κ3) is 5.18. The molecule has 3 rings (SSSR count). The summed E-state index contributed by atoms with van der Waals surface area (Å²) in [7, 11) is 0. The summed E-state index contributed by atoms with van der Waals surface area (Å²) in [5, 5.41) is 0. The van der Waals surface area contributed by atoms with Gasteiger partial charge in [0.15, 0.2) is 5.78 Å². The summed E-state index contributed by atoms with van der Waals surface area (Å²) in [6.07, 6.45) is -2.32. The van der Waals surface area contributed by atoms with Gasteiger partial charge < -0.3 is 14.5 Å². The van der Waals surface area contributed by atoms with Gasteiger partial charge in [0.25, 0.3) is 0 Å². The first kappa shape index (κ1) is 21.4. The summed E-state index contributed by atoms with van der Waals surface area (Å²) in [6, 6.07) is 6.44. The molecule has 3 atom stereocenters. The summed E-state index contributed by atoms with van der Waals surface area (Å²) in [4.78, 5) is 19.8. The van der Waals surface area contributed by atoms with Gasteiger partial charge in [0.2, 0.25) is 0 Å². The van der Waals surface area contributed by atoms with Crippen LogP contribution in [0.15, 0.2) is 47.7 Å². The lowest BCUT2D eigenvalue weighted by atomic mass is 10.1. The molecule has 0 saturated carbocycles. The van der Waals surface area contributed by atoms with Crippen LogP contribution in [-0.2, 0) is 4.74 Å². The lowest BCUT2D eigenvalue weighted by molar-refractivity contribution is -0.167. The Kier molecular flexibility index (Phi) is 6.31. The second-order valence-corrected chi connectivity index (χ2v) is 7.57. The number of aliphatic imine (C=N–C) groups is 1. The fraction of sp³-hybridized carbons (Fsp3) is 0.524. The maximum atomic E-state index is 13.5. The largest absolute Gasteiger partial charge is 0.408 e. The van der Waals surface area contributed by atoms with Crippen LogP contribution in [0.3, 0.4) is 0 Å². The normalized spacial score (nSPS) is 23.1. The van der Waals surface area contributed by atoms with E-state index in [1.165, 1.54) is 6.92 Å². The Bertz CT molecular complexity index is 767. The molecule has 29 heavy (non-hydrogen) atoms. The molecule has 2 fully saturated rings. The molecule has 2 bridgehead atoms. The van der Waals surface area contributed by atoms with Gasteiger partial charge in [-0.25, -0.2) is 4.99 Å². The molecule has 0 amide bonds. The SMILES string of the molecule is C=C(N=C(C)N(CC(=O)c1ccccc1)[C@@H](C)C(F)(F)F)N1CC2CCC(C1)O2. The number of nitrogens with zero attached hydrogens (tertiary/aromatic N) is 3. The predicted molar refractivity (Wildman–Crippen MR) is 105 cm³/mol. The third-order valence-corrected chi connectivity index (χ3v) is 5.47. The van der Waals surface area contributed by atoms with Crippen molar-refractivity contribution in [2.24, 2.45) is 4.99 Å². The molecule has 0 radical (unpaired) electrons. The molecule has 1 aromatic carbocycles. The highest BCUT2D eigenvalue weighted by molar-refractivity contribution is 5.99. The Balaban J connectivity index is 1.78. The fourth-order valence-corrected chi connectivity index (χ4v) is 3.73. The monoisotopic (exact) mass is 409 g/mol. The van der Waals surface area contributed by atoms with E-state index in [9.17, 15) is 18.0 Å². The van der Waals surface area contributed by atoms with Gasteiger partial charge in [0, 0.05) is 18.7 Å². The number of amidine groups is 1. The van der Waals surface area contributed by atoms with E-state index in [2.05, 4.69) is 11.6 Å². The maximum Gasteiger partial charge on any atom is 0.408 e. The number of alkyl halides is 3. The summed E-state index contributed by atoms with van der Waals surface area (Å²) < 4.78 is 46.2. The van der Waals surface area contributed by atoms with Crippen molar-refractivity contribution in [3.05, 3.63) is 48.3 Å². The highest BCUT2D eigenvalue weighted by Crippen LogP contribution is 2.29. The molecule has 0 aliphatic carbocycles. The van der Waals surface area contributed by atoms with E-state index >= 15 is 0 Å². The van der Waals surface area contributed by atoms with E-state index < -0.39 is 24.5 Å². The molecule has 2 unspecified atom stereocenters. The van der Waals surface area contributed by atoms with Gasteiger partial charge >= 0.3 is 6.18 Å². The van der Waals surface area contributed by atoms with Gasteiger partial charge in [-0.2, -0.15) is 13.2 Å². The van der Waals surface area contributed by atoms with Crippen molar-refractivity contribution < 1.29 is 22.7 Å². The minimum Gasteiger partial charge on any atom is -0.371 e. The topological polar surface area (TPSA) is 45.1 Å².